The smallest absolute Gasteiger partial charge is 0.251 e. The highest BCUT2D eigenvalue weighted by molar-refractivity contribution is 7.90. The number of nitriles is 1. The van der Waals surface area contributed by atoms with E-state index in [0.29, 0.717) is 17.7 Å². The molecule has 0 spiro atoms. The van der Waals surface area contributed by atoms with Gasteiger partial charge < -0.3 is 15.1 Å². The predicted molar refractivity (Wildman–Crippen MR) is 170 cm³/mol. The lowest BCUT2D eigenvalue weighted by Gasteiger charge is -2.38. The molecule has 228 valence electrons. The average Bonchev–Trinajstić information content (AvgIpc) is 3.00. The first kappa shape index (κ1) is 33.8. The van der Waals surface area contributed by atoms with Crippen LogP contribution >= 0.6 is 12.4 Å². The maximum atomic E-state index is 13.2. The van der Waals surface area contributed by atoms with Crippen LogP contribution in [0.25, 0.3) is 0 Å². The van der Waals surface area contributed by atoms with Crippen molar-refractivity contribution in [3.8, 4) is 6.07 Å². The summed E-state index contributed by atoms with van der Waals surface area (Å²) in [5, 5.41) is 12.4. The Bertz CT molecular complexity index is 1520. The van der Waals surface area contributed by atoms with Crippen LogP contribution in [0.3, 0.4) is 0 Å². The van der Waals surface area contributed by atoms with Crippen LogP contribution in [0.15, 0.2) is 83.8 Å². The van der Waals surface area contributed by atoms with Crippen LogP contribution in [0.5, 0.6) is 0 Å². The molecule has 8 nitrogen and oxygen atoms in total. The molecule has 3 aromatic rings. The van der Waals surface area contributed by atoms with Gasteiger partial charge in [0.25, 0.3) is 5.91 Å². The second-order valence-electron chi connectivity index (χ2n) is 10.8. The van der Waals surface area contributed by atoms with Crippen LogP contribution in [-0.2, 0) is 21.1 Å². The van der Waals surface area contributed by atoms with E-state index < -0.39 is 9.84 Å². The first-order chi connectivity index (χ1) is 20.2. The van der Waals surface area contributed by atoms with Gasteiger partial charge in [-0.3, -0.25) is 9.59 Å². The summed E-state index contributed by atoms with van der Waals surface area (Å²) in [6.45, 7) is 5.14. The third-order valence-corrected chi connectivity index (χ3v) is 8.99. The van der Waals surface area contributed by atoms with Gasteiger partial charge in [0, 0.05) is 44.0 Å². The standard InChI is InChI=1S/C33H38N4O4S.ClH/c1-3-37(32(38)23-25-12-14-30(15-13-25)42(2,40)41)29-16-19-36(20-17-29)21-18-31(27-9-5-4-6-10-27)35-33(39)28-11-7-8-26(22-28)24-34;/h4-15,22,29,31H,3,16-21,23H2,1-2H3,(H,35,39);1H/t31-;/m0./s1. The van der Waals surface area contributed by atoms with E-state index in [1.807, 2.05) is 42.2 Å². The summed E-state index contributed by atoms with van der Waals surface area (Å²) in [6.07, 6.45) is 3.89. The second kappa shape index (κ2) is 15.7. The molecule has 10 heteroatoms. The number of nitrogens with one attached hydrogen (secondary N) is 1. The third kappa shape index (κ3) is 9.39. The van der Waals surface area contributed by atoms with Gasteiger partial charge in [0.1, 0.15) is 0 Å². The van der Waals surface area contributed by atoms with E-state index in [-0.39, 0.29) is 47.6 Å². The number of halogens is 1. The van der Waals surface area contributed by atoms with Crippen molar-refractivity contribution in [1.82, 2.24) is 15.1 Å². The van der Waals surface area contributed by atoms with E-state index in [2.05, 4.69) is 16.3 Å². The molecule has 0 radical (unpaired) electrons. The third-order valence-electron chi connectivity index (χ3n) is 7.86. The summed E-state index contributed by atoms with van der Waals surface area (Å²) < 4.78 is 23.5. The van der Waals surface area contributed by atoms with Crippen molar-refractivity contribution in [2.24, 2.45) is 0 Å². The summed E-state index contributed by atoms with van der Waals surface area (Å²) in [5.74, 6) is -0.155. The van der Waals surface area contributed by atoms with Crippen molar-refractivity contribution in [1.29, 1.82) is 5.26 Å². The Morgan fingerprint density at radius 2 is 1.70 bits per heavy atom. The minimum absolute atomic E-state index is 0. The molecule has 1 heterocycles. The summed E-state index contributed by atoms with van der Waals surface area (Å²) in [4.78, 5) is 30.8. The number of hydrogen-bond donors (Lipinski definition) is 1. The molecule has 0 aromatic heterocycles. The highest BCUT2D eigenvalue weighted by Gasteiger charge is 2.27. The van der Waals surface area contributed by atoms with Gasteiger partial charge in [-0.1, -0.05) is 48.5 Å². The van der Waals surface area contributed by atoms with E-state index in [1.165, 1.54) is 6.26 Å². The van der Waals surface area contributed by atoms with Crippen LogP contribution in [0.1, 0.15) is 59.3 Å². The molecule has 3 aromatic carbocycles. The number of sulfone groups is 1. The van der Waals surface area contributed by atoms with Crippen LogP contribution in [0.2, 0.25) is 0 Å². The minimum Gasteiger partial charge on any atom is -0.345 e. The zero-order valence-electron chi connectivity index (χ0n) is 24.6. The zero-order chi connectivity index (χ0) is 30.1. The van der Waals surface area contributed by atoms with Gasteiger partial charge in [0.05, 0.1) is 29.0 Å². The Balaban J connectivity index is 0.00000506. The molecule has 0 aliphatic carbocycles. The van der Waals surface area contributed by atoms with Gasteiger partial charge in [-0.2, -0.15) is 5.26 Å². The SMILES string of the molecule is CCN(C(=O)Cc1ccc(S(C)(=O)=O)cc1)C1CCN(CC[C@H](NC(=O)c2cccc(C#N)c2)c2ccccc2)CC1.Cl. The lowest BCUT2D eigenvalue weighted by atomic mass is 9.99. The average molecular weight is 623 g/mol. The topological polar surface area (TPSA) is 111 Å². The molecule has 0 bridgehead atoms. The summed E-state index contributed by atoms with van der Waals surface area (Å²) in [7, 11) is -3.27. The van der Waals surface area contributed by atoms with Crippen molar-refractivity contribution in [2.75, 3.05) is 32.4 Å². The van der Waals surface area contributed by atoms with Gasteiger partial charge in [0.15, 0.2) is 9.84 Å². The largest absolute Gasteiger partial charge is 0.345 e. The number of likely N-dealkylation sites (tertiary alicyclic amines) is 1. The number of carbonyl (C=O) groups is 2. The maximum absolute atomic E-state index is 13.2. The van der Waals surface area contributed by atoms with Gasteiger partial charge >= 0.3 is 0 Å². The predicted octanol–water partition coefficient (Wildman–Crippen LogP) is 4.80. The monoisotopic (exact) mass is 622 g/mol. The molecule has 1 aliphatic heterocycles. The molecule has 1 saturated heterocycles. The van der Waals surface area contributed by atoms with Crippen LogP contribution < -0.4 is 5.32 Å². The van der Waals surface area contributed by atoms with E-state index in [1.54, 1.807) is 48.5 Å². The first-order valence-corrected chi connectivity index (χ1v) is 16.2. The lowest BCUT2D eigenvalue weighted by molar-refractivity contribution is -0.133. The molecule has 1 atom stereocenters. The molecule has 43 heavy (non-hydrogen) atoms. The second-order valence-corrected chi connectivity index (χ2v) is 12.8. The number of nitrogens with zero attached hydrogens (tertiary/aromatic N) is 3. The van der Waals surface area contributed by atoms with E-state index in [0.717, 1.165) is 50.0 Å². The van der Waals surface area contributed by atoms with Crippen LogP contribution in [0, 0.1) is 11.3 Å². The molecular weight excluding hydrogens is 584 g/mol. The Hall–Kier alpha value is -3.71. The van der Waals surface area contributed by atoms with Gasteiger partial charge in [-0.05, 0) is 67.6 Å². The highest BCUT2D eigenvalue weighted by Crippen LogP contribution is 2.22. The van der Waals surface area contributed by atoms with E-state index in [4.69, 9.17) is 0 Å². The fraction of sp³-hybridized carbons (Fsp3) is 0.364. The molecule has 1 aliphatic rings. The molecular formula is C33H39ClN4O4S. The van der Waals surface area contributed by atoms with Crippen molar-refractivity contribution in [3.05, 3.63) is 101 Å². The zero-order valence-corrected chi connectivity index (χ0v) is 26.2. The van der Waals surface area contributed by atoms with Crippen molar-refractivity contribution < 1.29 is 18.0 Å². The molecule has 4 rings (SSSR count). The molecule has 2 amide bonds. The number of amides is 2. The Morgan fingerprint density at radius 3 is 2.30 bits per heavy atom. The Morgan fingerprint density at radius 1 is 1.02 bits per heavy atom. The quantitative estimate of drug-likeness (QED) is 0.329. The first-order valence-electron chi connectivity index (χ1n) is 14.3. The van der Waals surface area contributed by atoms with Gasteiger partial charge in [-0.25, -0.2) is 8.42 Å². The minimum atomic E-state index is -3.27. The highest BCUT2D eigenvalue weighted by atomic mass is 35.5. The van der Waals surface area contributed by atoms with Gasteiger partial charge in [0.2, 0.25) is 5.91 Å². The Kier molecular flexibility index (Phi) is 12.3. The number of carbonyl (C=O) groups excluding carboxylic acids is 2. The summed E-state index contributed by atoms with van der Waals surface area (Å²) >= 11 is 0. The van der Waals surface area contributed by atoms with Crippen molar-refractivity contribution >= 4 is 34.1 Å². The van der Waals surface area contributed by atoms with Crippen molar-refractivity contribution in [3.63, 3.8) is 0 Å². The fourth-order valence-electron chi connectivity index (χ4n) is 5.51. The number of likely N-dealkylation sites (N-methyl/N-ethyl adjacent to an activating group) is 1. The van der Waals surface area contributed by atoms with Crippen molar-refractivity contribution in [2.45, 2.75) is 49.6 Å². The Labute approximate surface area is 261 Å². The van der Waals surface area contributed by atoms with Crippen LogP contribution in [0.4, 0.5) is 0 Å². The van der Waals surface area contributed by atoms with Crippen LogP contribution in [-0.4, -0.2) is 68.5 Å². The molecule has 0 saturated carbocycles. The normalized spacial score (nSPS) is 14.6. The lowest BCUT2D eigenvalue weighted by Crippen LogP contribution is -2.48. The van der Waals surface area contributed by atoms with E-state index >= 15 is 0 Å². The number of piperidine rings is 1. The van der Waals surface area contributed by atoms with E-state index in [9.17, 15) is 23.3 Å². The number of benzene rings is 3. The molecule has 1 N–H and O–H groups in total. The maximum Gasteiger partial charge on any atom is 0.251 e. The van der Waals surface area contributed by atoms with Gasteiger partial charge in [-0.15, -0.1) is 12.4 Å². The number of hydrogen-bond acceptors (Lipinski definition) is 6. The summed E-state index contributed by atoms with van der Waals surface area (Å²) in [5.41, 5.74) is 2.75. The molecule has 1 fully saturated rings. The summed E-state index contributed by atoms with van der Waals surface area (Å²) in [6, 6.07) is 25.2. The molecule has 0 unspecified atom stereocenters. The fourth-order valence-corrected chi connectivity index (χ4v) is 6.14. The number of rotatable bonds is 11.